The molecule has 0 radical (unpaired) electrons. The standard InChI is InChI=1S/C12H11N7O2.ClH/c13-6-11(17-21)7-18-9-19(8-14-18)16-12(20)15-10-4-2-1-3-5-10;/h1-5,8-9H,7H2,(H2-,15,16,20,21);1H/b17-11-;. The average molecular weight is 322 g/mol. The van der Waals surface area contributed by atoms with Crippen LogP contribution in [0, 0.1) is 11.3 Å². The number of para-hydroxylation sites is 1. The molecule has 2 aromatic rings. The number of carbonyl (C=O) groups is 1. The number of nitrogens with one attached hydrogen (secondary N) is 2. The fourth-order valence-corrected chi connectivity index (χ4v) is 1.51. The van der Waals surface area contributed by atoms with Crippen molar-refractivity contribution in [3.63, 3.8) is 0 Å². The molecule has 0 spiro atoms. The number of nitrogens with zero attached hydrogens (tertiary/aromatic N) is 5. The normalized spacial score (nSPS) is 10.2. The Bertz CT molecular complexity index is 693. The quantitative estimate of drug-likeness (QED) is 0.246. The van der Waals surface area contributed by atoms with Crippen molar-refractivity contribution in [1.29, 1.82) is 5.26 Å². The van der Waals surface area contributed by atoms with Crippen molar-refractivity contribution in [2.24, 2.45) is 5.16 Å². The zero-order valence-electron chi connectivity index (χ0n) is 11.2. The maximum atomic E-state index is 11.7. The lowest BCUT2D eigenvalue weighted by Gasteiger charge is -2.03. The first kappa shape index (κ1) is 16.9. The van der Waals surface area contributed by atoms with Gasteiger partial charge in [0, 0.05) is 10.8 Å². The Balaban J connectivity index is 0.00000242. The number of oxime groups is 1. The lowest BCUT2D eigenvalue weighted by molar-refractivity contribution is -0.641. The molecular weight excluding hydrogens is 310 g/mol. The molecule has 0 aliphatic rings. The van der Waals surface area contributed by atoms with Crippen molar-refractivity contribution >= 4 is 17.4 Å². The van der Waals surface area contributed by atoms with Crippen LogP contribution < -0.4 is 27.8 Å². The molecule has 114 valence electrons. The van der Waals surface area contributed by atoms with Crippen LogP contribution >= 0.6 is 0 Å². The first-order valence-corrected chi connectivity index (χ1v) is 5.89. The lowest BCUT2D eigenvalue weighted by atomic mass is 10.3. The highest BCUT2D eigenvalue weighted by Crippen LogP contribution is 2.03. The third kappa shape index (κ3) is 4.77. The Labute approximate surface area is 131 Å². The smallest absolute Gasteiger partial charge is 0.349 e. The highest BCUT2D eigenvalue weighted by atomic mass is 35.5. The molecule has 0 aliphatic carbocycles. The van der Waals surface area contributed by atoms with Gasteiger partial charge >= 0.3 is 6.03 Å². The Morgan fingerprint density at radius 3 is 2.82 bits per heavy atom. The molecule has 1 aromatic heterocycles. The highest BCUT2D eigenvalue weighted by Gasteiger charge is 2.11. The predicted octanol–water partition coefficient (Wildman–Crippen LogP) is -2.70. The van der Waals surface area contributed by atoms with E-state index in [0.29, 0.717) is 5.69 Å². The van der Waals surface area contributed by atoms with Crippen molar-refractivity contribution in [3.05, 3.63) is 43.0 Å². The molecule has 0 aliphatic heterocycles. The van der Waals surface area contributed by atoms with Crippen LogP contribution in [0.5, 0.6) is 0 Å². The second-order valence-electron chi connectivity index (χ2n) is 3.94. The van der Waals surface area contributed by atoms with Crippen molar-refractivity contribution < 1.29 is 27.1 Å². The van der Waals surface area contributed by atoms with E-state index >= 15 is 0 Å². The minimum Gasteiger partial charge on any atom is -1.00 e. The summed E-state index contributed by atoms with van der Waals surface area (Å²) in [6.07, 6.45) is 2.78. The molecular formula is C12H12ClN7O2. The van der Waals surface area contributed by atoms with Gasteiger partial charge in [-0.1, -0.05) is 23.4 Å². The van der Waals surface area contributed by atoms with Gasteiger partial charge in [-0.15, -0.1) is 9.36 Å². The van der Waals surface area contributed by atoms with Crippen LogP contribution in [0.25, 0.3) is 0 Å². The lowest BCUT2D eigenvalue weighted by Crippen LogP contribution is -3.00. The van der Waals surface area contributed by atoms with E-state index in [0.717, 1.165) is 0 Å². The summed E-state index contributed by atoms with van der Waals surface area (Å²) < 4.78 is 2.64. The Morgan fingerprint density at radius 2 is 2.18 bits per heavy atom. The summed E-state index contributed by atoms with van der Waals surface area (Å²) in [4.78, 5) is 11.7. The number of aromatic nitrogens is 3. The van der Waals surface area contributed by atoms with Gasteiger partial charge in [-0.2, -0.15) is 10.7 Å². The molecule has 3 N–H and O–H groups in total. The van der Waals surface area contributed by atoms with Crippen LogP contribution in [-0.2, 0) is 6.54 Å². The maximum absolute atomic E-state index is 11.7. The Hall–Kier alpha value is -3.12. The van der Waals surface area contributed by atoms with E-state index < -0.39 is 6.03 Å². The van der Waals surface area contributed by atoms with E-state index in [1.165, 1.54) is 22.0 Å². The molecule has 1 heterocycles. The van der Waals surface area contributed by atoms with Crippen molar-refractivity contribution in [3.8, 4) is 6.07 Å². The number of urea groups is 1. The topological polar surface area (TPSA) is 119 Å². The zero-order valence-corrected chi connectivity index (χ0v) is 12.0. The predicted molar refractivity (Wildman–Crippen MR) is 72.1 cm³/mol. The summed E-state index contributed by atoms with van der Waals surface area (Å²) >= 11 is 0. The monoisotopic (exact) mass is 321 g/mol. The first-order valence-electron chi connectivity index (χ1n) is 5.89. The summed E-state index contributed by atoms with van der Waals surface area (Å²) in [6, 6.07) is 10.2. The average Bonchev–Trinajstić information content (AvgIpc) is 2.92. The van der Waals surface area contributed by atoms with Gasteiger partial charge in [0.05, 0.1) is 0 Å². The second kappa shape index (κ2) is 8.23. The SMILES string of the molecule is N#C/C(Cn1c[n+](NC(=O)Nc2ccccc2)cn1)=N/O.[Cl-]. The van der Waals surface area contributed by atoms with E-state index in [4.69, 9.17) is 10.5 Å². The zero-order chi connectivity index (χ0) is 15.1. The highest BCUT2D eigenvalue weighted by molar-refractivity contribution is 5.97. The van der Waals surface area contributed by atoms with E-state index in [1.807, 2.05) is 6.07 Å². The number of carbonyl (C=O) groups excluding carboxylic acids is 1. The van der Waals surface area contributed by atoms with Gasteiger partial charge in [-0.3, -0.25) is 0 Å². The van der Waals surface area contributed by atoms with Gasteiger partial charge in [0.1, 0.15) is 6.07 Å². The number of hydrogen-bond donors (Lipinski definition) is 3. The van der Waals surface area contributed by atoms with Crippen molar-refractivity contribution in [1.82, 2.24) is 9.78 Å². The van der Waals surface area contributed by atoms with Crippen molar-refractivity contribution in [2.75, 3.05) is 10.7 Å². The molecule has 10 heteroatoms. The van der Waals surface area contributed by atoms with Crippen LogP contribution in [-0.4, -0.2) is 26.7 Å². The van der Waals surface area contributed by atoms with Gasteiger partial charge in [-0.25, -0.2) is 4.79 Å². The van der Waals surface area contributed by atoms with Crippen LogP contribution in [0.4, 0.5) is 10.5 Å². The van der Waals surface area contributed by atoms with Crippen LogP contribution in [0.3, 0.4) is 0 Å². The molecule has 0 bridgehead atoms. The van der Waals surface area contributed by atoms with Gasteiger partial charge in [0.2, 0.25) is 6.33 Å². The molecule has 0 unspecified atom stereocenters. The Kier molecular flexibility index (Phi) is 6.33. The molecule has 1 aromatic carbocycles. The largest absolute Gasteiger partial charge is 1.00 e. The summed E-state index contributed by atoms with van der Waals surface area (Å²) in [5.74, 6) is 0. The third-order valence-corrected chi connectivity index (χ3v) is 2.41. The maximum Gasteiger partial charge on any atom is 0.349 e. The molecule has 0 atom stereocenters. The molecule has 22 heavy (non-hydrogen) atoms. The minimum absolute atomic E-state index is 0. The minimum atomic E-state index is -0.443. The van der Waals surface area contributed by atoms with E-state index in [1.54, 1.807) is 30.3 Å². The summed E-state index contributed by atoms with van der Waals surface area (Å²) in [5.41, 5.74) is 3.07. The Morgan fingerprint density at radius 1 is 1.45 bits per heavy atom. The van der Waals surface area contributed by atoms with E-state index in [-0.39, 0.29) is 24.7 Å². The molecule has 9 nitrogen and oxygen atoms in total. The first-order chi connectivity index (χ1) is 10.2. The number of benzene rings is 1. The second-order valence-corrected chi connectivity index (χ2v) is 3.94. The van der Waals surface area contributed by atoms with Gasteiger partial charge in [-0.05, 0) is 12.1 Å². The molecule has 0 saturated heterocycles. The number of rotatable bonds is 4. The van der Waals surface area contributed by atoms with Gasteiger partial charge < -0.3 is 22.9 Å². The molecule has 2 amide bonds. The number of halogens is 1. The number of hydrogen-bond acceptors (Lipinski definition) is 5. The fourth-order valence-electron chi connectivity index (χ4n) is 1.51. The van der Waals surface area contributed by atoms with Gasteiger partial charge in [0.25, 0.3) is 6.33 Å². The molecule has 0 saturated carbocycles. The van der Waals surface area contributed by atoms with Gasteiger partial charge in [0.15, 0.2) is 12.3 Å². The summed E-state index contributed by atoms with van der Waals surface area (Å²) in [6.45, 7) is 0.00197. The number of anilines is 1. The summed E-state index contributed by atoms with van der Waals surface area (Å²) in [7, 11) is 0. The fraction of sp³-hybridized carbons (Fsp3) is 0.0833. The van der Waals surface area contributed by atoms with E-state index in [9.17, 15) is 4.79 Å². The summed E-state index contributed by atoms with van der Waals surface area (Å²) in [5, 5.41) is 26.5. The van der Waals surface area contributed by atoms with Crippen LogP contribution in [0.1, 0.15) is 0 Å². The number of nitriles is 1. The van der Waals surface area contributed by atoms with Crippen molar-refractivity contribution in [2.45, 2.75) is 6.54 Å². The molecule has 0 fully saturated rings. The third-order valence-electron chi connectivity index (χ3n) is 2.41. The van der Waals surface area contributed by atoms with Crippen LogP contribution in [0.15, 0.2) is 48.1 Å². The van der Waals surface area contributed by atoms with Crippen LogP contribution in [0.2, 0.25) is 0 Å². The number of amides is 2. The van der Waals surface area contributed by atoms with E-state index in [2.05, 4.69) is 21.0 Å². The molecule has 2 rings (SSSR count).